The highest BCUT2D eigenvalue weighted by atomic mass is 15.4. The van der Waals surface area contributed by atoms with E-state index in [9.17, 15) is 0 Å². The van der Waals surface area contributed by atoms with Crippen molar-refractivity contribution in [3.05, 3.63) is 108 Å². The van der Waals surface area contributed by atoms with Crippen LogP contribution in [-0.4, -0.2) is 16.3 Å². The summed E-state index contributed by atoms with van der Waals surface area (Å²) in [5, 5.41) is 1.97. The summed E-state index contributed by atoms with van der Waals surface area (Å²) in [5.74, 6) is 10.6. The summed E-state index contributed by atoms with van der Waals surface area (Å²) in [6.07, 6.45) is 17.0. The van der Waals surface area contributed by atoms with E-state index in [1.54, 1.807) is 4.68 Å². The molecule has 0 saturated heterocycles. The molecule has 4 bridgehead atoms. The van der Waals surface area contributed by atoms with Gasteiger partial charge in [0.05, 0.1) is 0 Å². The van der Waals surface area contributed by atoms with Crippen molar-refractivity contribution >= 4 is 34.1 Å². The first kappa shape index (κ1) is 29.2. The van der Waals surface area contributed by atoms with Crippen LogP contribution in [0.3, 0.4) is 0 Å². The van der Waals surface area contributed by atoms with Crippen LogP contribution in [0.1, 0.15) is 76.3 Å². The standard InChI is InChI=1S/C36H44N6/c1-9-25(10-2)21(5)17-23(7)33-38-35-31-19-29-27-13-15-28(16-14-27)30(29)20-32(31)36(42(35)37)39-34(41-40-33)24(8)18-22(6)26(11-3)12-4/h9,11,13,15,17-20,25-28H,1,3,7-8,10,12,14,16,37H2,2,4-6H3,(H,38,40)(H,39,41). The van der Waals surface area contributed by atoms with E-state index in [1.807, 2.05) is 12.2 Å². The van der Waals surface area contributed by atoms with Gasteiger partial charge in [-0.15, -0.1) is 13.2 Å². The van der Waals surface area contributed by atoms with E-state index < -0.39 is 0 Å². The molecular formula is C36H44N6. The lowest BCUT2D eigenvalue weighted by atomic mass is 9.71. The van der Waals surface area contributed by atoms with Gasteiger partial charge in [-0.2, -0.15) is 0 Å². The van der Waals surface area contributed by atoms with Crippen LogP contribution in [0.25, 0.3) is 10.8 Å². The van der Waals surface area contributed by atoms with Crippen molar-refractivity contribution < 1.29 is 0 Å². The van der Waals surface area contributed by atoms with Gasteiger partial charge < -0.3 is 5.84 Å². The van der Waals surface area contributed by atoms with Crippen molar-refractivity contribution in [2.45, 2.75) is 65.2 Å². The minimum Gasteiger partial charge on any atom is -0.336 e. The number of amidine groups is 2. The number of allylic oxidation sites excluding steroid dienone is 6. The first-order valence-corrected chi connectivity index (χ1v) is 15.1. The first-order chi connectivity index (χ1) is 20.2. The predicted octanol–water partition coefficient (Wildman–Crippen LogP) is 8.48. The van der Waals surface area contributed by atoms with Crippen molar-refractivity contribution in [1.29, 1.82) is 0 Å². The third-order valence-electron chi connectivity index (χ3n) is 9.09. The van der Waals surface area contributed by atoms with Crippen LogP contribution < -0.4 is 16.7 Å². The van der Waals surface area contributed by atoms with Crippen LogP contribution in [0, 0.1) is 11.8 Å². The lowest BCUT2D eigenvalue weighted by Gasteiger charge is -2.33. The second-order valence-electron chi connectivity index (χ2n) is 11.7. The van der Waals surface area contributed by atoms with Crippen molar-refractivity contribution in [2.75, 3.05) is 5.84 Å². The molecule has 4 unspecified atom stereocenters. The average Bonchev–Trinajstić information content (AvgIpc) is 3.27. The monoisotopic (exact) mass is 560 g/mol. The number of aliphatic imine (C=N–C) groups is 2. The maximum atomic E-state index is 6.82. The van der Waals surface area contributed by atoms with E-state index in [4.69, 9.17) is 15.8 Å². The molecule has 0 radical (unpaired) electrons. The average molecular weight is 561 g/mol. The van der Waals surface area contributed by atoms with Crippen LogP contribution in [0.4, 0.5) is 11.6 Å². The fourth-order valence-corrected chi connectivity index (χ4v) is 6.51. The Morgan fingerprint density at radius 1 is 0.857 bits per heavy atom. The predicted molar refractivity (Wildman–Crippen MR) is 180 cm³/mol. The van der Waals surface area contributed by atoms with Gasteiger partial charge in [-0.1, -0.05) is 74.6 Å². The molecule has 42 heavy (non-hydrogen) atoms. The van der Waals surface area contributed by atoms with Gasteiger partial charge in [-0.25, -0.2) is 14.7 Å². The third kappa shape index (κ3) is 5.22. The number of nitrogens with zero attached hydrogens (tertiary/aromatic N) is 3. The molecule has 1 aliphatic heterocycles. The molecule has 0 spiro atoms. The minimum atomic E-state index is 0.258. The number of nitrogens with one attached hydrogen (secondary N) is 2. The second kappa shape index (κ2) is 11.9. The molecule has 0 saturated carbocycles. The summed E-state index contributed by atoms with van der Waals surface area (Å²) >= 11 is 0. The number of nitrogen functional groups attached to an aromatic ring is 1. The zero-order valence-corrected chi connectivity index (χ0v) is 25.5. The summed E-state index contributed by atoms with van der Waals surface area (Å²) in [4.78, 5) is 10.2. The van der Waals surface area contributed by atoms with Crippen molar-refractivity contribution in [1.82, 2.24) is 15.5 Å². The van der Waals surface area contributed by atoms with Crippen LogP contribution >= 0.6 is 0 Å². The van der Waals surface area contributed by atoms with Crippen LogP contribution in [0.5, 0.6) is 0 Å². The molecule has 6 heteroatoms. The zero-order valence-electron chi connectivity index (χ0n) is 25.5. The van der Waals surface area contributed by atoms with Crippen molar-refractivity contribution in [3.63, 3.8) is 0 Å². The number of hydrogen-bond donors (Lipinski definition) is 3. The Morgan fingerprint density at radius 3 is 1.60 bits per heavy atom. The molecule has 4 atom stereocenters. The lowest BCUT2D eigenvalue weighted by molar-refractivity contribution is 0.554. The molecule has 0 amide bonds. The number of aromatic nitrogens is 1. The second-order valence-corrected chi connectivity index (χ2v) is 11.7. The van der Waals surface area contributed by atoms with E-state index >= 15 is 0 Å². The molecular weight excluding hydrogens is 516 g/mol. The fourth-order valence-electron chi connectivity index (χ4n) is 6.51. The van der Waals surface area contributed by atoms with E-state index in [1.165, 1.54) is 35.1 Å². The lowest BCUT2D eigenvalue weighted by Crippen LogP contribution is -2.42. The summed E-state index contributed by atoms with van der Waals surface area (Å²) in [6, 6.07) is 4.56. The Labute approximate surface area is 250 Å². The first-order valence-electron chi connectivity index (χ1n) is 15.1. The highest BCUT2D eigenvalue weighted by Crippen LogP contribution is 2.49. The summed E-state index contributed by atoms with van der Waals surface area (Å²) in [7, 11) is 0. The number of fused-ring (bicyclic) bond motifs is 6. The maximum absolute atomic E-state index is 6.82. The molecule has 6 rings (SSSR count). The Balaban J connectivity index is 1.69. The zero-order chi connectivity index (χ0) is 30.1. The van der Waals surface area contributed by atoms with Gasteiger partial charge in [-0.05, 0) is 74.6 Å². The third-order valence-corrected chi connectivity index (χ3v) is 9.09. The van der Waals surface area contributed by atoms with E-state index in [-0.39, 0.29) is 11.8 Å². The summed E-state index contributed by atoms with van der Waals surface area (Å²) in [6.45, 7) is 25.3. The van der Waals surface area contributed by atoms with E-state index in [0.717, 1.165) is 34.8 Å². The molecule has 2 aromatic rings. The number of hydrazine groups is 1. The molecule has 1 aromatic heterocycles. The Morgan fingerprint density at radius 2 is 1.26 bits per heavy atom. The van der Waals surface area contributed by atoms with Crippen molar-refractivity contribution in [2.24, 2.45) is 21.8 Å². The Kier molecular flexibility index (Phi) is 8.26. The number of nitrogens with two attached hydrogens (primary N) is 1. The van der Waals surface area contributed by atoms with Gasteiger partial charge in [0.2, 0.25) is 0 Å². The van der Waals surface area contributed by atoms with Gasteiger partial charge in [0.25, 0.3) is 0 Å². The molecule has 4 aliphatic rings. The number of benzene rings is 1. The molecule has 218 valence electrons. The SMILES string of the molecule is C=CC(CC)C(C)=CC(=C)C1=Nc2c3cc4c(cc3c(n2N)N=C(C(=C)C=C(C)C(C=C)CC)NN1)C1C=CC4CC1. The van der Waals surface area contributed by atoms with E-state index in [0.29, 0.717) is 35.1 Å². The van der Waals surface area contributed by atoms with E-state index in [2.05, 4.69) is 101 Å². The number of hydrogen-bond acceptors (Lipinski definition) is 5. The normalized spacial score (nSPS) is 21.0. The van der Waals surface area contributed by atoms with Gasteiger partial charge in [0, 0.05) is 33.8 Å². The molecule has 4 N–H and O–H groups in total. The molecule has 3 aliphatic carbocycles. The van der Waals surface area contributed by atoms with Gasteiger partial charge in [-0.3, -0.25) is 10.9 Å². The molecule has 6 nitrogen and oxygen atoms in total. The maximum Gasteiger partial charge on any atom is 0.163 e. The molecule has 1 aromatic carbocycles. The summed E-state index contributed by atoms with van der Waals surface area (Å²) in [5.41, 5.74) is 13.1. The minimum absolute atomic E-state index is 0.258. The van der Waals surface area contributed by atoms with Crippen molar-refractivity contribution in [3.8, 4) is 0 Å². The van der Waals surface area contributed by atoms with Crippen LogP contribution in [0.15, 0.2) is 107 Å². The van der Waals surface area contributed by atoms with Crippen LogP contribution in [0.2, 0.25) is 0 Å². The van der Waals surface area contributed by atoms with Crippen LogP contribution in [-0.2, 0) is 0 Å². The smallest absolute Gasteiger partial charge is 0.163 e. The van der Waals surface area contributed by atoms with Gasteiger partial charge in [0.15, 0.2) is 23.3 Å². The quantitative estimate of drug-likeness (QED) is 0.155. The fraction of sp³-hybridized carbons (Fsp3) is 0.333. The Hall–Kier alpha value is -4.32. The molecule has 2 heterocycles. The highest BCUT2D eigenvalue weighted by molar-refractivity contribution is 6.11. The largest absolute Gasteiger partial charge is 0.336 e. The Bertz CT molecular complexity index is 1500. The highest BCUT2D eigenvalue weighted by Gasteiger charge is 2.31. The molecule has 0 fully saturated rings. The van der Waals surface area contributed by atoms with Gasteiger partial charge >= 0.3 is 0 Å². The van der Waals surface area contributed by atoms with Gasteiger partial charge in [0.1, 0.15) is 0 Å². The summed E-state index contributed by atoms with van der Waals surface area (Å²) < 4.78 is 1.60. The topological polar surface area (TPSA) is 79.7 Å². The number of rotatable bonds is 10.